The molecule has 0 bridgehead atoms. The highest BCUT2D eigenvalue weighted by Crippen LogP contribution is 2.41. The number of benzene rings is 1. The topological polar surface area (TPSA) is 36.9 Å². The molecule has 1 aliphatic heterocycles. The molecule has 0 unspecified atom stereocenters. The van der Waals surface area contributed by atoms with Gasteiger partial charge in [-0.25, -0.2) is 0 Å². The van der Waals surface area contributed by atoms with E-state index in [0.717, 1.165) is 17.1 Å². The number of halogens is 1. The summed E-state index contributed by atoms with van der Waals surface area (Å²) in [4.78, 5) is 2.52. The smallest absolute Gasteiger partial charge is 0.161 e. The average Bonchev–Trinajstić information content (AvgIpc) is 2.83. The fraction of sp³-hybridized carbons (Fsp3) is 0.444. The summed E-state index contributed by atoms with van der Waals surface area (Å²) >= 11 is 5.43. The van der Waals surface area contributed by atoms with Crippen LogP contribution in [0.25, 0.3) is 10.4 Å². The molecule has 2 aromatic rings. The molecule has 2 heterocycles. The molecule has 0 saturated heterocycles. The zero-order chi connectivity index (χ0) is 16.9. The van der Waals surface area contributed by atoms with Crippen molar-refractivity contribution >= 4 is 27.3 Å². The number of aryl methyl sites for hydroxylation is 1. The molecule has 0 radical (unpaired) electrons. The molecule has 0 N–H and O–H groups in total. The van der Waals surface area contributed by atoms with Gasteiger partial charge in [-0.1, -0.05) is 0 Å². The summed E-state index contributed by atoms with van der Waals surface area (Å²) in [6.45, 7) is 7.49. The third-order valence-electron chi connectivity index (χ3n) is 3.78. The average molecular weight is 413 g/mol. The van der Waals surface area contributed by atoms with Gasteiger partial charge in [-0.2, -0.15) is 0 Å². The number of hydrogen-bond acceptors (Lipinski definition) is 5. The standard InChI is InChI=1S/C18H21BrO4S/c1-12-17(19)13(2)24-18(12)14-3-4-15-16(11-14)23-10-8-21-6-5-20-7-9-22-15/h3-4,11H,5-10H2,1-2H3. The highest BCUT2D eigenvalue weighted by Gasteiger charge is 2.15. The summed E-state index contributed by atoms with van der Waals surface area (Å²) in [5, 5.41) is 0. The van der Waals surface area contributed by atoms with E-state index in [-0.39, 0.29) is 0 Å². The Morgan fingerprint density at radius 2 is 1.50 bits per heavy atom. The molecule has 3 rings (SSSR count). The predicted molar refractivity (Wildman–Crippen MR) is 99.6 cm³/mol. The summed E-state index contributed by atoms with van der Waals surface area (Å²) in [5.74, 6) is 1.49. The zero-order valence-corrected chi connectivity index (χ0v) is 16.3. The van der Waals surface area contributed by atoms with Gasteiger partial charge in [-0.15, -0.1) is 11.3 Å². The normalized spacial score (nSPS) is 16.3. The van der Waals surface area contributed by atoms with E-state index in [9.17, 15) is 0 Å². The largest absolute Gasteiger partial charge is 0.487 e. The van der Waals surface area contributed by atoms with Crippen molar-refractivity contribution in [3.8, 4) is 21.9 Å². The molecule has 0 saturated carbocycles. The molecule has 1 aromatic carbocycles. The second kappa shape index (κ2) is 8.34. The van der Waals surface area contributed by atoms with Crippen LogP contribution in [0.15, 0.2) is 22.7 Å². The Labute approximate surface area is 154 Å². The maximum Gasteiger partial charge on any atom is 0.161 e. The van der Waals surface area contributed by atoms with Crippen LogP contribution >= 0.6 is 27.3 Å². The quantitative estimate of drug-likeness (QED) is 0.685. The van der Waals surface area contributed by atoms with Crippen molar-refractivity contribution in [2.75, 3.05) is 39.6 Å². The Hall–Kier alpha value is -1.08. The summed E-state index contributed by atoms with van der Waals surface area (Å²) in [6, 6.07) is 6.10. The second-order valence-corrected chi connectivity index (χ2v) is 7.53. The van der Waals surface area contributed by atoms with Crippen molar-refractivity contribution < 1.29 is 18.9 Å². The van der Waals surface area contributed by atoms with E-state index in [1.807, 2.05) is 12.1 Å². The zero-order valence-electron chi connectivity index (χ0n) is 13.9. The third kappa shape index (κ3) is 4.11. The van der Waals surface area contributed by atoms with Crippen LogP contribution in [0.2, 0.25) is 0 Å². The lowest BCUT2D eigenvalue weighted by Crippen LogP contribution is -2.15. The first kappa shape index (κ1) is 17.7. The highest BCUT2D eigenvalue weighted by molar-refractivity contribution is 9.10. The van der Waals surface area contributed by atoms with E-state index in [2.05, 4.69) is 35.8 Å². The summed E-state index contributed by atoms with van der Waals surface area (Å²) in [7, 11) is 0. The third-order valence-corrected chi connectivity index (χ3v) is 6.49. The Balaban J connectivity index is 1.88. The molecule has 0 atom stereocenters. The van der Waals surface area contributed by atoms with Gasteiger partial charge >= 0.3 is 0 Å². The molecule has 0 aliphatic carbocycles. The van der Waals surface area contributed by atoms with Gasteiger partial charge in [0.15, 0.2) is 11.5 Å². The summed E-state index contributed by atoms with van der Waals surface area (Å²) in [5.41, 5.74) is 2.39. The number of hydrogen-bond donors (Lipinski definition) is 0. The first-order chi connectivity index (χ1) is 11.7. The van der Waals surface area contributed by atoms with Crippen molar-refractivity contribution in [1.82, 2.24) is 0 Å². The number of thiophene rings is 1. The lowest BCUT2D eigenvalue weighted by Gasteiger charge is -2.16. The van der Waals surface area contributed by atoms with Gasteiger partial charge < -0.3 is 18.9 Å². The molecule has 1 aromatic heterocycles. The van der Waals surface area contributed by atoms with Gasteiger partial charge in [-0.3, -0.25) is 0 Å². The summed E-state index contributed by atoms with van der Waals surface area (Å²) < 4.78 is 23.8. The van der Waals surface area contributed by atoms with Crippen molar-refractivity contribution in [3.63, 3.8) is 0 Å². The van der Waals surface area contributed by atoms with E-state index in [1.54, 1.807) is 11.3 Å². The molecule has 0 fully saturated rings. The first-order valence-electron chi connectivity index (χ1n) is 7.98. The molecule has 4 nitrogen and oxygen atoms in total. The van der Waals surface area contributed by atoms with Crippen molar-refractivity contribution in [3.05, 3.63) is 33.1 Å². The molecule has 130 valence electrons. The van der Waals surface area contributed by atoms with Crippen LogP contribution in [0.4, 0.5) is 0 Å². The maximum absolute atomic E-state index is 5.90. The minimum Gasteiger partial charge on any atom is -0.487 e. The fourth-order valence-corrected chi connectivity index (χ4v) is 4.16. The predicted octanol–water partition coefficient (Wildman–Crippen LogP) is 4.60. The minimum absolute atomic E-state index is 0.492. The lowest BCUT2D eigenvalue weighted by atomic mass is 10.1. The SMILES string of the molecule is Cc1sc(-c2ccc3c(c2)OCCOCCOCCO3)c(C)c1Br. The Kier molecular flexibility index (Phi) is 6.16. The molecule has 0 amide bonds. The van der Waals surface area contributed by atoms with Crippen LogP contribution in [-0.4, -0.2) is 39.6 Å². The minimum atomic E-state index is 0.492. The van der Waals surface area contributed by atoms with Gasteiger partial charge in [0.2, 0.25) is 0 Å². The number of ether oxygens (including phenoxy) is 4. The van der Waals surface area contributed by atoms with Crippen LogP contribution in [0.1, 0.15) is 10.4 Å². The van der Waals surface area contributed by atoms with Crippen molar-refractivity contribution in [2.45, 2.75) is 13.8 Å². The van der Waals surface area contributed by atoms with Gasteiger partial charge in [0.25, 0.3) is 0 Å². The van der Waals surface area contributed by atoms with Gasteiger partial charge in [0.1, 0.15) is 13.2 Å². The molecule has 6 heteroatoms. The molecule has 0 spiro atoms. The highest BCUT2D eigenvalue weighted by atomic mass is 79.9. The van der Waals surface area contributed by atoms with Crippen LogP contribution in [0.5, 0.6) is 11.5 Å². The Bertz CT molecular complexity index is 699. The van der Waals surface area contributed by atoms with Crippen molar-refractivity contribution in [2.24, 2.45) is 0 Å². The van der Waals surface area contributed by atoms with Crippen molar-refractivity contribution in [1.29, 1.82) is 0 Å². The molecular weight excluding hydrogens is 392 g/mol. The van der Waals surface area contributed by atoms with Crippen LogP contribution in [0.3, 0.4) is 0 Å². The van der Waals surface area contributed by atoms with Gasteiger partial charge in [0.05, 0.1) is 26.4 Å². The lowest BCUT2D eigenvalue weighted by molar-refractivity contribution is 0.0223. The number of rotatable bonds is 1. The van der Waals surface area contributed by atoms with E-state index in [1.165, 1.54) is 19.8 Å². The van der Waals surface area contributed by atoms with E-state index in [4.69, 9.17) is 18.9 Å². The van der Waals surface area contributed by atoms with Crippen LogP contribution < -0.4 is 9.47 Å². The Morgan fingerprint density at radius 1 is 0.875 bits per heavy atom. The first-order valence-corrected chi connectivity index (χ1v) is 9.59. The summed E-state index contributed by atoms with van der Waals surface area (Å²) in [6.07, 6.45) is 0. The Morgan fingerprint density at radius 3 is 2.12 bits per heavy atom. The van der Waals surface area contributed by atoms with E-state index >= 15 is 0 Å². The van der Waals surface area contributed by atoms with Gasteiger partial charge in [-0.05, 0) is 59.1 Å². The van der Waals surface area contributed by atoms with E-state index in [0.29, 0.717) is 39.6 Å². The molecule has 24 heavy (non-hydrogen) atoms. The van der Waals surface area contributed by atoms with Gasteiger partial charge in [0, 0.05) is 14.2 Å². The van der Waals surface area contributed by atoms with Crippen LogP contribution in [0, 0.1) is 13.8 Å². The molecular formula is C18H21BrO4S. The number of fused-ring (bicyclic) bond motifs is 1. The maximum atomic E-state index is 5.90. The fourth-order valence-electron chi connectivity index (χ4n) is 2.54. The second-order valence-electron chi connectivity index (χ2n) is 5.51. The van der Waals surface area contributed by atoms with E-state index < -0.39 is 0 Å². The molecule has 1 aliphatic rings. The monoisotopic (exact) mass is 412 g/mol. The van der Waals surface area contributed by atoms with Crippen LogP contribution in [-0.2, 0) is 9.47 Å².